The molecule has 0 aliphatic heterocycles. The van der Waals surface area contributed by atoms with Crippen molar-refractivity contribution in [2.45, 2.75) is 26.5 Å². The van der Waals surface area contributed by atoms with Gasteiger partial charge in [0.15, 0.2) is 0 Å². The van der Waals surface area contributed by atoms with E-state index in [9.17, 15) is 18.4 Å². The Kier molecular flexibility index (Phi) is 7.05. The normalized spacial score (nSPS) is 11.4. The lowest BCUT2D eigenvalue weighted by molar-refractivity contribution is -0.116. The number of halogens is 2. The van der Waals surface area contributed by atoms with E-state index in [1.165, 1.54) is 30.3 Å². The van der Waals surface area contributed by atoms with E-state index in [1.807, 2.05) is 13.8 Å². The first-order chi connectivity index (χ1) is 12.8. The van der Waals surface area contributed by atoms with E-state index in [0.717, 1.165) is 0 Å². The molecule has 0 aromatic heterocycles. The van der Waals surface area contributed by atoms with Gasteiger partial charge in [0.2, 0.25) is 5.91 Å². The molecule has 2 amide bonds. The molecule has 0 bridgehead atoms. The second-order valence-electron chi connectivity index (χ2n) is 5.94. The molecule has 0 atom stereocenters. The highest BCUT2D eigenvalue weighted by molar-refractivity contribution is 6.03. The van der Waals surface area contributed by atoms with Crippen LogP contribution in [0.1, 0.15) is 29.8 Å². The van der Waals surface area contributed by atoms with Gasteiger partial charge in [0.05, 0.1) is 5.70 Å². The third-order valence-corrected chi connectivity index (χ3v) is 3.38. The zero-order valence-electron chi connectivity index (χ0n) is 14.9. The van der Waals surface area contributed by atoms with E-state index in [2.05, 4.69) is 15.4 Å². The maximum atomic E-state index is 12.4. The van der Waals surface area contributed by atoms with Crippen LogP contribution in [-0.4, -0.2) is 24.5 Å². The van der Waals surface area contributed by atoms with Gasteiger partial charge in [0.1, 0.15) is 5.75 Å². The molecule has 2 aromatic rings. The Hall–Kier alpha value is -3.22. The standard InChI is InChI=1S/C20H20F2N2O3/c1-13(2)23-18(25)12-17(24-19(26)15-6-4-3-5-7-15)14-8-10-16(11-9-14)27-20(21)22/h3-13,20H,1-2H3,(H,23,25)(H,24,26). The Morgan fingerprint density at radius 2 is 1.59 bits per heavy atom. The fourth-order valence-electron chi connectivity index (χ4n) is 2.25. The van der Waals surface area contributed by atoms with E-state index in [0.29, 0.717) is 11.1 Å². The minimum Gasteiger partial charge on any atom is -0.435 e. The molecule has 142 valence electrons. The third-order valence-electron chi connectivity index (χ3n) is 3.38. The lowest BCUT2D eigenvalue weighted by Gasteiger charge is -2.13. The maximum Gasteiger partial charge on any atom is 0.387 e. The average molecular weight is 374 g/mol. The quantitative estimate of drug-likeness (QED) is 0.728. The largest absolute Gasteiger partial charge is 0.435 e. The first kappa shape index (κ1) is 20.1. The molecule has 27 heavy (non-hydrogen) atoms. The summed E-state index contributed by atoms with van der Waals surface area (Å²) >= 11 is 0. The lowest BCUT2D eigenvalue weighted by atomic mass is 10.1. The third kappa shape index (κ3) is 6.54. The van der Waals surface area contributed by atoms with Crippen LogP contribution in [0.25, 0.3) is 5.70 Å². The smallest absolute Gasteiger partial charge is 0.387 e. The number of carbonyl (C=O) groups excluding carboxylic acids is 2. The summed E-state index contributed by atoms with van der Waals surface area (Å²) in [5.74, 6) is -0.803. The van der Waals surface area contributed by atoms with Crippen molar-refractivity contribution in [2.75, 3.05) is 0 Å². The fraction of sp³-hybridized carbons (Fsp3) is 0.200. The predicted octanol–water partition coefficient (Wildman–Crippen LogP) is 3.58. The molecule has 0 aliphatic carbocycles. The second-order valence-corrected chi connectivity index (χ2v) is 5.94. The van der Waals surface area contributed by atoms with Gasteiger partial charge >= 0.3 is 6.61 Å². The van der Waals surface area contributed by atoms with Crippen LogP contribution in [0.2, 0.25) is 0 Å². The van der Waals surface area contributed by atoms with Gasteiger partial charge in [-0.15, -0.1) is 0 Å². The molecular weight excluding hydrogens is 354 g/mol. The number of carbonyl (C=O) groups is 2. The van der Waals surface area contributed by atoms with Crippen molar-refractivity contribution in [3.8, 4) is 5.75 Å². The molecule has 0 saturated heterocycles. The molecule has 0 spiro atoms. The zero-order chi connectivity index (χ0) is 19.8. The highest BCUT2D eigenvalue weighted by Gasteiger charge is 2.12. The van der Waals surface area contributed by atoms with Gasteiger partial charge in [-0.05, 0) is 55.8 Å². The summed E-state index contributed by atoms with van der Waals surface area (Å²) in [6.07, 6.45) is 1.25. The van der Waals surface area contributed by atoms with Crippen LogP contribution >= 0.6 is 0 Å². The Bertz CT molecular complexity index is 804. The number of rotatable bonds is 7. The number of alkyl halides is 2. The Morgan fingerprint density at radius 3 is 2.15 bits per heavy atom. The van der Waals surface area contributed by atoms with Crippen molar-refractivity contribution >= 4 is 17.5 Å². The molecule has 0 radical (unpaired) electrons. The molecule has 2 N–H and O–H groups in total. The number of hydrogen-bond donors (Lipinski definition) is 2. The van der Waals surface area contributed by atoms with E-state index in [1.54, 1.807) is 30.3 Å². The van der Waals surface area contributed by atoms with Crippen molar-refractivity contribution in [2.24, 2.45) is 0 Å². The summed E-state index contributed by atoms with van der Waals surface area (Å²) in [4.78, 5) is 24.5. The minimum atomic E-state index is -2.93. The monoisotopic (exact) mass is 374 g/mol. The molecule has 0 unspecified atom stereocenters. The zero-order valence-corrected chi connectivity index (χ0v) is 14.9. The van der Waals surface area contributed by atoms with Crippen molar-refractivity contribution < 1.29 is 23.1 Å². The number of amides is 2. The van der Waals surface area contributed by atoms with Gasteiger partial charge in [-0.3, -0.25) is 9.59 Å². The Balaban J connectivity index is 2.27. The fourth-order valence-corrected chi connectivity index (χ4v) is 2.25. The summed E-state index contributed by atoms with van der Waals surface area (Å²) in [6.45, 7) is 0.690. The van der Waals surface area contributed by atoms with Crippen molar-refractivity contribution in [1.82, 2.24) is 10.6 Å². The van der Waals surface area contributed by atoms with Crippen LogP contribution in [0.4, 0.5) is 8.78 Å². The first-order valence-electron chi connectivity index (χ1n) is 8.29. The van der Waals surface area contributed by atoms with E-state index in [-0.39, 0.29) is 23.4 Å². The molecule has 0 saturated carbocycles. The van der Waals surface area contributed by atoms with Gasteiger partial charge in [0, 0.05) is 17.7 Å². The number of nitrogens with one attached hydrogen (secondary N) is 2. The number of benzene rings is 2. The van der Waals surface area contributed by atoms with Crippen LogP contribution in [0.15, 0.2) is 60.7 Å². The molecule has 0 heterocycles. The van der Waals surface area contributed by atoms with Crippen LogP contribution in [0.3, 0.4) is 0 Å². The van der Waals surface area contributed by atoms with Gasteiger partial charge < -0.3 is 15.4 Å². The summed E-state index contributed by atoms with van der Waals surface area (Å²) in [5.41, 5.74) is 1.13. The van der Waals surface area contributed by atoms with Crippen LogP contribution < -0.4 is 15.4 Å². The topological polar surface area (TPSA) is 67.4 Å². The summed E-state index contributed by atoms with van der Waals surface area (Å²) < 4.78 is 28.9. The highest BCUT2D eigenvalue weighted by Crippen LogP contribution is 2.19. The van der Waals surface area contributed by atoms with E-state index < -0.39 is 12.5 Å². The first-order valence-corrected chi connectivity index (χ1v) is 8.29. The molecular formula is C20H20F2N2O3. The van der Waals surface area contributed by atoms with Gasteiger partial charge in [0.25, 0.3) is 5.91 Å². The maximum absolute atomic E-state index is 12.4. The van der Waals surface area contributed by atoms with Gasteiger partial charge in [-0.1, -0.05) is 18.2 Å². The highest BCUT2D eigenvalue weighted by atomic mass is 19.3. The van der Waals surface area contributed by atoms with Crippen molar-refractivity contribution in [3.63, 3.8) is 0 Å². The van der Waals surface area contributed by atoms with E-state index >= 15 is 0 Å². The number of ether oxygens (including phenoxy) is 1. The Labute approximate surface area is 156 Å². The van der Waals surface area contributed by atoms with Gasteiger partial charge in [-0.25, -0.2) is 0 Å². The van der Waals surface area contributed by atoms with Crippen molar-refractivity contribution in [1.29, 1.82) is 0 Å². The summed E-state index contributed by atoms with van der Waals surface area (Å²) in [5, 5.41) is 5.39. The van der Waals surface area contributed by atoms with Gasteiger partial charge in [-0.2, -0.15) is 8.78 Å². The Morgan fingerprint density at radius 1 is 0.963 bits per heavy atom. The van der Waals surface area contributed by atoms with Crippen LogP contribution in [0.5, 0.6) is 5.75 Å². The van der Waals surface area contributed by atoms with E-state index in [4.69, 9.17) is 0 Å². The molecule has 2 rings (SSSR count). The summed E-state index contributed by atoms with van der Waals surface area (Å²) in [6, 6.07) is 14.1. The average Bonchev–Trinajstić information content (AvgIpc) is 2.61. The van der Waals surface area contributed by atoms with Crippen LogP contribution in [0, 0.1) is 0 Å². The van der Waals surface area contributed by atoms with Crippen molar-refractivity contribution in [3.05, 3.63) is 71.8 Å². The molecule has 0 fully saturated rings. The molecule has 2 aromatic carbocycles. The SMILES string of the molecule is CC(C)NC(=O)C=C(NC(=O)c1ccccc1)c1ccc(OC(F)F)cc1. The molecule has 5 nitrogen and oxygen atoms in total. The summed E-state index contributed by atoms with van der Waals surface area (Å²) in [7, 11) is 0. The second kappa shape index (κ2) is 9.47. The molecule has 0 aliphatic rings. The van der Waals surface area contributed by atoms with Crippen LogP contribution in [-0.2, 0) is 4.79 Å². The predicted molar refractivity (Wildman–Crippen MR) is 98.2 cm³/mol. The lowest BCUT2D eigenvalue weighted by Crippen LogP contribution is -2.30. The molecule has 7 heteroatoms. The number of hydrogen-bond acceptors (Lipinski definition) is 3. The minimum absolute atomic E-state index is 0.0193.